The fourth-order valence-electron chi connectivity index (χ4n) is 1.56. The van der Waals surface area contributed by atoms with Crippen LogP contribution in [-0.4, -0.2) is 43.9 Å². The molecule has 104 valence electrons. The van der Waals surface area contributed by atoms with Crippen LogP contribution in [0.3, 0.4) is 0 Å². The SMILES string of the molecule is COc1ccccc1CC(=O)NCC(OC)C(=O)O. The number of methoxy groups -OCH3 is 2. The molecule has 0 aliphatic heterocycles. The Balaban J connectivity index is 2.53. The predicted molar refractivity (Wildman–Crippen MR) is 68.1 cm³/mol. The van der Waals surface area contributed by atoms with Gasteiger partial charge in [-0.1, -0.05) is 18.2 Å². The van der Waals surface area contributed by atoms with E-state index in [0.717, 1.165) is 5.56 Å². The molecule has 0 saturated carbocycles. The highest BCUT2D eigenvalue weighted by Crippen LogP contribution is 2.17. The van der Waals surface area contributed by atoms with Crippen LogP contribution in [0.25, 0.3) is 0 Å². The summed E-state index contributed by atoms with van der Waals surface area (Å²) in [7, 11) is 2.81. The molecule has 19 heavy (non-hydrogen) atoms. The van der Waals surface area contributed by atoms with Gasteiger partial charge in [-0.15, -0.1) is 0 Å². The van der Waals surface area contributed by atoms with E-state index in [9.17, 15) is 9.59 Å². The lowest BCUT2D eigenvalue weighted by Crippen LogP contribution is -2.38. The lowest BCUT2D eigenvalue weighted by molar-refractivity contribution is -0.148. The van der Waals surface area contributed by atoms with E-state index in [0.29, 0.717) is 5.75 Å². The quantitative estimate of drug-likeness (QED) is 0.749. The first-order valence-electron chi connectivity index (χ1n) is 5.72. The first-order chi connectivity index (χ1) is 9.08. The zero-order chi connectivity index (χ0) is 14.3. The van der Waals surface area contributed by atoms with Gasteiger partial charge in [-0.2, -0.15) is 0 Å². The Bertz CT molecular complexity index is 446. The van der Waals surface area contributed by atoms with Crippen molar-refractivity contribution in [2.45, 2.75) is 12.5 Å². The van der Waals surface area contributed by atoms with Crippen molar-refractivity contribution in [2.75, 3.05) is 20.8 Å². The van der Waals surface area contributed by atoms with Gasteiger partial charge in [-0.3, -0.25) is 4.79 Å². The van der Waals surface area contributed by atoms with Crippen molar-refractivity contribution in [1.82, 2.24) is 5.32 Å². The van der Waals surface area contributed by atoms with E-state index in [-0.39, 0.29) is 18.9 Å². The summed E-state index contributed by atoms with van der Waals surface area (Å²) >= 11 is 0. The van der Waals surface area contributed by atoms with Crippen LogP contribution >= 0.6 is 0 Å². The average molecular weight is 267 g/mol. The lowest BCUT2D eigenvalue weighted by atomic mass is 10.1. The smallest absolute Gasteiger partial charge is 0.334 e. The summed E-state index contributed by atoms with van der Waals surface area (Å²) < 4.78 is 9.85. The third kappa shape index (κ3) is 4.59. The number of amides is 1. The van der Waals surface area contributed by atoms with Crippen LogP contribution in [-0.2, 0) is 20.7 Å². The topological polar surface area (TPSA) is 84.9 Å². The van der Waals surface area contributed by atoms with E-state index in [1.165, 1.54) is 14.2 Å². The summed E-state index contributed by atoms with van der Waals surface area (Å²) in [4.78, 5) is 22.4. The molecule has 0 fully saturated rings. The molecule has 0 radical (unpaired) electrons. The number of carbonyl (C=O) groups excluding carboxylic acids is 1. The second kappa shape index (κ2) is 7.38. The molecule has 0 aliphatic rings. The maximum atomic E-state index is 11.7. The molecule has 0 aromatic heterocycles. The number of benzene rings is 1. The van der Waals surface area contributed by atoms with E-state index >= 15 is 0 Å². The van der Waals surface area contributed by atoms with Gasteiger partial charge >= 0.3 is 5.97 Å². The third-order valence-electron chi connectivity index (χ3n) is 2.59. The van der Waals surface area contributed by atoms with Crippen LogP contribution in [0, 0.1) is 0 Å². The van der Waals surface area contributed by atoms with E-state index in [1.54, 1.807) is 18.2 Å². The molecule has 0 heterocycles. The molecule has 1 atom stereocenters. The zero-order valence-electron chi connectivity index (χ0n) is 10.9. The molecule has 1 aromatic carbocycles. The van der Waals surface area contributed by atoms with Gasteiger partial charge in [0.25, 0.3) is 0 Å². The first kappa shape index (κ1) is 15.0. The second-order valence-electron chi connectivity index (χ2n) is 3.86. The summed E-state index contributed by atoms with van der Waals surface area (Å²) in [6.45, 7) is -0.0696. The molecule has 6 nitrogen and oxygen atoms in total. The summed E-state index contributed by atoms with van der Waals surface area (Å²) in [5, 5.41) is 11.3. The summed E-state index contributed by atoms with van der Waals surface area (Å²) in [5.41, 5.74) is 0.742. The number of carbonyl (C=O) groups is 2. The van der Waals surface area contributed by atoms with Crippen molar-refractivity contribution >= 4 is 11.9 Å². The molecule has 2 N–H and O–H groups in total. The van der Waals surface area contributed by atoms with Gasteiger partial charge in [-0.05, 0) is 6.07 Å². The minimum atomic E-state index is -1.11. The highest BCUT2D eigenvalue weighted by Gasteiger charge is 2.17. The van der Waals surface area contributed by atoms with Crippen molar-refractivity contribution in [2.24, 2.45) is 0 Å². The number of carboxylic acids is 1. The van der Waals surface area contributed by atoms with Crippen LogP contribution in [0.5, 0.6) is 5.75 Å². The average Bonchev–Trinajstić information content (AvgIpc) is 2.39. The van der Waals surface area contributed by atoms with Gasteiger partial charge in [0.1, 0.15) is 5.75 Å². The molecule has 1 aromatic rings. The molecule has 1 amide bonds. The van der Waals surface area contributed by atoms with Gasteiger partial charge < -0.3 is 19.9 Å². The lowest BCUT2D eigenvalue weighted by Gasteiger charge is -2.12. The van der Waals surface area contributed by atoms with Crippen molar-refractivity contribution < 1.29 is 24.2 Å². The van der Waals surface area contributed by atoms with Gasteiger partial charge in [-0.25, -0.2) is 4.79 Å². The molecule has 0 saturated heterocycles. The van der Waals surface area contributed by atoms with Gasteiger partial charge in [0.05, 0.1) is 20.1 Å². The monoisotopic (exact) mass is 267 g/mol. The van der Waals surface area contributed by atoms with Crippen molar-refractivity contribution in [3.8, 4) is 5.75 Å². The van der Waals surface area contributed by atoms with Crippen LogP contribution in [0.4, 0.5) is 0 Å². The normalized spacial score (nSPS) is 11.7. The third-order valence-corrected chi connectivity index (χ3v) is 2.59. The maximum Gasteiger partial charge on any atom is 0.334 e. The first-order valence-corrected chi connectivity index (χ1v) is 5.72. The number of para-hydroxylation sites is 1. The maximum absolute atomic E-state index is 11.7. The fraction of sp³-hybridized carbons (Fsp3) is 0.385. The Hall–Kier alpha value is -2.08. The minimum Gasteiger partial charge on any atom is -0.496 e. The standard InChI is InChI=1S/C13H17NO5/c1-18-10-6-4-3-5-9(10)7-12(15)14-8-11(19-2)13(16)17/h3-6,11H,7-8H2,1-2H3,(H,14,15)(H,16,17). The van der Waals surface area contributed by atoms with Crippen LogP contribution < -0.4 is 10.1 Å². The van der Waals surface area contributed by atoms with Crippen LogP contribution in [0.1, 0.15) is 5.56 Å². The van der Waals surface area contributed by atoms with E-state index in [1.807, 2.05) is 6.07 Å². The van der Waals surface area contributed by atoms with Gasteiger partial charge in [0, 0.05) is 12.7 Å². The van der Waals surface area contributed by atoms with Crippen LogP contribution in [0.2, 0.25) is 0 Å². The van der Waals surface area contributed by atoms with Gasteiger partial charge in [0.15, 0.2) is 6.10 Å². The number of hydrogen-bond acceptors (Lipinski definition) is 4. The molecular weight excluding hydrogens is 250 g/mol. The second-order valence-corrected chi connectivity index (χ2v) is 3.86. The molecule has 0 bridgehead atoms. The highest BCUT2D eigenvalue weighted by atomic mass is 16.5. The minimum absolute atomic E-state index is 0.0696. The summed E-state index contributed by atoms with van der Waals surface area (Å²) in [5.74, 6) is -0.771. The number of carboxylic acid groups (broad SMARTS) is 1. The molecular formula is C13H17NO5. The van der Waals surface area contributed by atoms with E-state index in [4.69, 9.17) is 14.6 Å². The number of nitrogens with one attached hydrogen (secondary N) is 1. The Labute approximate surface area is 111 Å². The summed E-state index contributed by atoms with van der Waals surface area (Å²) in [6, 6.07) is 7.16. The largest absolute Gasteiger partial charge is 0.496 e. The molecule has 6 heteroatoms. The Kier molecular flexibility index (Phi) is 5.81. The van der Waals surface area contributed by atoms with Crippen molar-refractivity contribution in [3.63, 3.8) is 0 Å². The van der Waals surface area contributed by atoms with E-state index in [2.05, 4.69) is 5.32 Å². The van der Waals surface area contributed by atoms with Gasteiger partial charge in [0.2, 0.25) is 5.91 Å². The number of rotatable bonds is 7. The Morgan fingerprint density at radius 3 is 2.58 bits per heavy atom. The van der Waals surface area contributed by atoms with Crippen molar-refractivity contribution in [3.05, 3.63) is 29.8 Å². The zero-order valence-corrected chi connectivity index (χ0v) is 10.9. The van der Waals surface area contributed by atoms with Crippen LogP contribution in [0.15, 0.2) is 24.3 Å². The Morgan fingerprint density at radius 2 is 2.00 bits per heavy atom. The predicted octanol–water partition coefficient (Wildman–Crippen LogP) is 0.453. The van der Waals surface area contributed by atoms with E-state index < -0.39 is 12.1 Å². The van der Waals surface area contributed by atoms with Crippen molar-refractivity contribution in [1.29, 1.82) is 0 Å². The molecule has 0 spiro atoms. The number of hydrogen-bond donors (Lipinski definition) is 2. The summed E-state index contributed by atoms with van der Waals surface area (Å²) in [6.07, 6.45) is -0.915. The molecule has 1 unspecified atom stereocenters. The number of ether oxygens (including phenoxy) is 2. The number of aliphatic carboxylic acids is 1. The fourth-order valence-corrected chi connectivity index (χ4v) is 1.56. The Morgan fingerprint density at radius 1 is 1.32 bits per heavy atom. The molecule has 0 aliphatic carbocycles. The highest BCUT2D eigenvalue weighted by molar-refractivity contribution is 5.80. The molecule has 1 rings (SSSR count).